The minimum atomic E-state index is -0.276. The van der Waals surface area contributed by atoms with Gasteiger partial charge >= 0.3 is 5.97 Å². The highest BCUT2D eigenvalue weighted by Gasteiger charge is 2.61. The van der Waals surface area contributed by atoms with Crippen LogP contribution in [0.5, 0.6) is 0 Å². The third-order valence-electron chi connectivity index (χ3n) is 4.70. The van der Waals surface area contributed by atoms with Crippen LogP contribution in [0.4, 0.5) is 0 Å². The number of hydrogen-bond acceptors (Lipinski definition) is 3. The van der Waals surface area contributed by atoms with Crippen molar-refractivity contribution in [2.75, 3.05) is 0 Å². The quantitative estimate of drug-likeness (QED) is 0.382. The van der Waals surface area contributed by atoms with E-state index in [1.165, 1.54) is 5.57 Å². The summed E-state index contributed by atoms with van der Waals surface area (Å²) < 4.78 is 11.3. The van der Waals surface area contributed by atoms with E-state index in [0.29, 0.717) is 5.57 Å². The number of carbonyl (C=O) groups is 1. The van der Waals surface area contributed by atoms with Crippen LogP contribution in [0.15, 0.2) is 36.0 Å². The molecule has 3 heteroatoms. The molecule has 0 spiro atoms. The van der Waals surface area contributed by atoms with Crippen LogP contribution >= 0.6 is 0 Å². The minimum absolute atomic E-state index is 0.00766. The molecule has 2 aliphatic heterocycles. The van der Waals surface area contributed by atoms with Crippen LogP contribution in [0.3, 0.4) is 0 Å². The average Bonchev–Trinajstić information content (AvgIpc) is 2.95. The Bertz CT molecular complexity index is 502. The van der Waals surface area contributed by atoms with E-state index < -0.39 is 0 Å². The molecule has 3 aliphatic rings. The van der Waals surface area contributed by atoms with Gasteiger partial charge in [-0.1, -0.05) is 30.4 Å². The largest absolute Gasteiger partial charge is 0.455 e. The maximum absolute atomic E-state index is 11.8. The molecule has 19 heavy (non-hydrogen) atoms. The second-order valence-corrected chi connectivity index (χ2v) is 6.09. The Morgan fingerprint density at radius 3 is 2.89 bits per heavy atom. The van der Waals surface area contributed by atoms with Gasteiger partial charge in [0.15, 0.2) is 0 Å². The molecule has 0 amide bonds. The highest BCUT2D eigenvalue weighted by Crippen LogP contribution is 2.50. The van der Waals surface area contributed by atoms with Crippen molar-refractivity contribution in [3.05, 3.63) is 36.0 Å². The Kier molecular flexibility index (Phi) is 2.72. The SMILES string of the molecule is C=C1C[C@H]2C(=C)C(=O)O[C@@H]2[C@H]2O[C@]2(C)CC/C=C/1C. The summed E-state index contributed by atoms with van der Waals surface area (Å²) in [6.45, 7) is 12.2. The predicted molar refractivity (Wildman–Crippen MR) is 72.5 cm³/mol. The minimum Gasteiger partial charge on any atom is -0.455 e. The highest BCUT2D eigenvalue weighted by atomic mass is 16.6. The molecule has 0 bridgehead atoms. The smallest absolute Gasteiger partial charge is 0.334 e. The van der Waals surface area contributed by atoms with Crippen LogP contribution in [0.25, 0.3) is 0 Å². The summed E-state index contributed by atoms with van der Waals surface area (Å²) in [6, 6.07) is 0. The molecule has 0 aromatic carbocycles. The summed E-state index contributed by atoms with van der Waals surface area (Å²) in [5.41, 5.74) is 2.69. The number of epoxide rings is 1. The summed E-state index contributed by atoms with van der Waals surface area (Å²) in [7, 11) is 0. The summed E-state index contributed by atoms with van der Waals surface area (Å²) in [5, 5.41) is 0. The van der Waals surface area contributed by atoms with E-state index in [9.17, 15) is 4.79 Å². The zero-order chi connectivity index (χ0) is 13.8. The molecular formula is C16H20O3. The molecule has 2 saturated heterocycles. The first-order valence-corrected chi connectivity index (χ1v) is 6.85. The van der Waals surface area contributed by atoms with E-state index in [-0.39, 0.29) is 29.7 Å². The molecule has 0 aromatic heterocycles. The molecule has 3 nitrogen and oxygen atoms in total. The van der Waals surface area contributed by atoms with Crippen LogP contribution in [0.1, 0.15) is 33.1 Å². The molecule has 0 saturated carbocycles. The predicted octanol–water partition coefficient (Wildman–Crippen LogP) is 2.93. The van der Waals surface area contributed by atoms with Gasteiger partial charge in [0.2, 0.25) is 0 Å². The zero-order valence-electron chi connectivity index (χ0n) is 11.6. The maximum atomic E-state index is 11.8. The van der Waals surface area contributed by atoms with Crippen molar-refractivity contribution >= 4 is 5.97 Å². The first-order valence-electron chi connectivity index (χ1n) is 6.85. The first-order chi connectivity index (χ1) is 8.92. The van der Waals surface area contributed by atoms with E-state index in [1.54, 1.807) is 0 Å². The van der Waals surface area contributed by atoms with E-state index in [1.807, 2.05) is 0 Å². The number of rotatable bonds is 0. The molecule has 0 radical (unpaired) electrons. The monoisotopic (exact) mass is 260 g/mol. The zero-order valence-corrected chi connectivity index (χ0v) is 11.6. The number of hydrogen-bond donors (Lipinski definition) is 0. The van der Waals surface area contributed by atoms with Crippen molar-refractivity contribution < 1.29 is 14.3 Å². The molecule has 102 valence electrons. The fourth-order valence-electron chi connectivity index (χ4n) is 3.16. The molecule has 0 aromatic rings. The maximum Gasteiger partial charge on any atom is 0.334 e. The van der Waals surface area contributed by atoms with Crippen LogP contribution in [0.2, 0.25) is 0 Å². The number of allylic oxidation sites excluding steroid dienone is 3. The van der Waals surface area contributed by atoms with Gasteiger partial charge in [-0.2, -0.15) is 0 Å². The van der Waals surface area contributed by atoms with Gasteiger partial charge in [-0.3, -0.25) is 0 Å². The fraction of sp³-hybridized carbons (Fsp3) is 0.562. The van der Waals surface area contributed by atoms with Gasteiger partial charge in [-0.05, 0) is 33.1 Å². The lowest BCUT2D eigenvalue weighted by Gasteiger charge is -2.20. The van der Waals surface area contributed by atoms with Crippen molar-refractivity contribution in [3.63, 3.8) is 0 Å². The van der Waals surface area contributed by atoms with Crippen molar-refractivity contribution in [1.82, 2.24) is 0 Å². The van der Waals surface area contributed by atoms with E-state index in [0.717, 1.165) is 24.8 Å². The third-order valence-corrected chi connectivity index (χ3v) is 4.70. The molecule has 3 rings (SSSR count). The van der Waals surface area contributed by atoms with Crippen LogP contribution in [-0.2, 0) is 14.3 Å². The van der Waals surface area contributed by atoms with Crippen LogP contribution in [-0.4, -0.2) is 23.8 Å². The molecule has 0 N–H and O–H groups in total. The molecular weight excluding hydrogens is 240 g/mol. The Hall–Kier alpha value is -1.35. The van der Waals surface area contributed by atoms with Crippen LogP contribution in [0, 0.1) is 5.92 Å². The van der Waals surface area contributed by atoms with Gasteiger partial charge in [0, 0.05) is 11.5 Å². The number of ether oxygens (including phenoxy) is 2. The van der Waals surface area contributed by atoms with Gasteiger partial charge in [-0.15, -0.1) is 0 Å². The number of fused-ring (bicyclic) bond motifs is 3. The lowest BCUT2D eigenvalue weighted by Crippen LogP contribution is -2.29. The summed E-state index contributed by atoms with van der Waals surface area (Å²) in [5.74, 6) is -0.269. The molecule has 1 aliphatic carbocycles. The van der Waals surface area contributed by atoms with E-state index in [2.05, 4.69) is 33.1 Å². The van der Waals surface area contributed by atoms with Crippen LogP contribution < -0.4 is 0 Å². The summed E-state index contributed by atoms with van der Waals surface area (Å²) >= 11 is 0. The Morgan fingerprint density at radius 1 is 1.42 bits per heavy atom. The lowest BCUT2D eigenvalue weighted by molar-refractivity contribution is -0.140. The lowest BCUT2D eigenvalue weighted by atomic mass is 9.82. The Balaban J connectivity index is 1.93. The average molecular weight is 260 g/mol. The van der Waals surface area contributed by atoms with Crippen molar-refractivity contribution in [1.29, 1.82) is 0 Å². The normalized spacial score (nSPS) is 44.8. The van der Waals surface area contributed by atoms with Crippen molar-refractivity contribution in [3.8, 4) is 0 Å². The van der Waals surface area contributed by atoms with Gasteiger partial charge in [-0.25, -0.2) is 4.79 Å². The van der Waals surface area contributed by atoms with Gasteiger partial charge in [0.25, 0.3) is 0 Å². The Labute approximate surface area is 114 Å². The number of carbonyl (C=O) groups excluding carboxylic acids is 1. The summed E-state index contributed by atoms with van der Waals surface area (Å²) in [4.78, 5) is 11.8. The van der Waals surface area contributed by atoms with Gasteiger partial charge in [0.05, 0.1) is 5.60 Å². The van der Waals surface area contributed by atoms with Crippen molar-refractivity contribution in [2.24, 2.45) is 5.92 Å². The fourth-order valence-corrected chi connectivity index (χ4v) is 3.16. The first kappa shape index (κ1) is 12.7. The Morgan fingerprint density at radius 2 is 2.16 bits per heavy atom. The van der Waals surface area contributed by atoms with E-state index in [4.69, 9.17) is 9.47 Å². The second-order valence-electron chi connectivity index (χ2n) is 6.09. The molecule has 2 fully saturated rings. The van der Waals surface area contributed by atoms with E-state index >= 15 is 0 Å². The molecule has 2 heterocycles. The molecule has 4 atom stereocenters. The summed E-state index contributed by atoms with van der Waals surface area (Å²) in [6.07, 6.45) is 4.70. The van der Waals surface area contributed by atoms with Gasteiger partial charge < -0.3 is 9.47 Å². The number of esters is 1. The standard InChI is InChI=1S/C16H20O3/c1-9-6-5-7-16(4)14(19-16)13-12(8-10(9)2)11(3)15(17)18-13/h6,12-14H,2-3,5,7-8H2,1,4H3/b9-6+/t12-,13-,14+,16+/m0/s1. The second kappa shape index (κ2) is 4.07. The third kappa shape index (κ3) is 1.96. The topological polar surface area (TPSA) is 38.8 Å². The highest BCUT2D eigenvalue weighted by molar-refractivity contribution is 5.91. The molecule has 0 unspecified atom stereocenters. The van der Waals surface area contributed by atoms with Gasteiger partial charge in [0.1, 0.15) is 12.2 Å². The van der Waals surface area contributed by atoms with Crippen molar-refractivity contribution in [2.45, 2.75) is 50.9 Å².